The van der Waals surface area contributed by atoms with Crippen LogP contribution in [0.3, 0.4) is 0 Å². The number of benzene rings is 1. The van der Waals surface area contributed by atoms with Crippen molar-refractivity contribution in [1.29, 1.82) is 0 Å². The van der Waals surface area contributed by atoms with Gasteiger partial charge in [0.2, 0.25) is 0 Å². The van der Waals surface area contributed by atoms with Crippen LogP contribution < -0.4 is 0 Å². The van der Waals surface area contributed by atoms with Gasteiger partial charge in [-0.25, -0.2) is 4.39 Å². The molecule has 1 nitrogen and oxygen atoms in total. The van der Waals surface area contributed by atoms with Gasteiger partial charge in [0.15, 0.2) is 0 Å². The van der Waals surface area contributed by atoms with Gasteiger partial charge in [0.25, 0.3) is 0 Å². The van der Waals surface area contributed by atoms with Crippen LogP contribution in [0.25, 0.3) is 0 Å². The average molecular weight is 294 g/mol. The summed E-state index contributed by atoms with van der Waals surface area (Å²) in [5.41, 5.74) is 2.94. The molecule has 2 aromatic rings. The van der Waals surface area contributed by atoms with E-state index in [1.165, 1.54) is 22.6 Å². The van der Waals surface area contributed by atoms with Crippen molar-refractivity contribution >= 4 is 23.1 Å². The van der Waals surface area contributed by atoms with E-state index in [-0.39, 0.29) is 5.82 Å². The maximum atomic E-state index is 13.3. The second-order valence-electron chi connectivity index (χ2n) is 4.80. The van der Waals surface area contributed by atoms with Crippen LogP contribution in [0, 0.1) is 12.7 Å². The normalized spacial score (nSPS) is 16.2. The van der Waals surface area contributed by atoms with Crippen molar-refractivity contribution in [2.24, 2.45) is 0 Å². The van der Waals surface area contributed by atoms with Gasteiger partial charge in [0, 0.05) is 15.5 Å². The predicted octanol–water partition coefficient (Wildman–Crippen LogP) is 4.07. The van der Waals surface area contributed by atoms with Gasteiger partial charge in [-0.05, 0) is 54.0 Å². The molecule has 1 aromatic heterocycles. The van der Waals surface area contributed by atoms with Crippen LogP contribution >= 0.6 is 23.1 Å². The number of rotatable bonds is 2. The number of aliphatic hydroxyl groups excluding tert-OH is 1. The highest BCUT2D eigenvalue weighted by Gasteiger charge is 2.20. The molecule has 0 bridgehead atoms. The van der Waals surface area contributed by atoms with Crippen LogP contribution in [-0.4, -0.2) is 10.9 Å². The number of aryl methyl sites for hydroxylation is 2. The number of hydrogen-bond donors (Lipinski definition) is 1. The van der Waals surface area contributed by atoms with Crippen LogP contribution in [0.15, 0.2) is 24.3 Å². The van der Waals surface area contributed by atoms with Crippen molar-refractivity contribution in [2.75, 3.05) is 5.75 Å². The molecule has 19 heavy (non-hydrogen) atoms. The quantitative estimate of drug-likeness (QED) is 0.901. The van der Waals surface area contributed by atoms with Gasteiger partial charge in [-0.3, -0.25) is 0 Å². The SMILES string of the molecule is Cc1ccc(F)cc1C(O)c1cc2c(s1)CCSC2. The highest BCUT2D eigenvalue weighted by molar-refractivity contribution is 7.98. The third kappa shape index (κ3) is 2.57. The molecule has 0 saturated carbocycles. The summed E-state index contributed by atoms with van der Waals surface area (Å²) in [6.07, 6.45) is 0.371. The first-order chi connectivity index (χ1) is 9.15. The third-order valence-corrected chi connectivity index (χ3v) is 5.75. The van der Waals surface area contributed by atoms with Gasteiger partial charge in [-0.1, -0.05) is 6.07 Å². The molecule has 100 valence electrons. The summed E-state index contributed by atoms with van der Waals surface area (Å²) in [5.74, 6) is 1.89. The molecule has 1 unspecified atom stereocenters. The highest BCUT2D eigenvalue weighted by atomic mass is 32.2. The van der Waals surface area contributed by atoms with Crippen molar-refractivity contribution in [3.8, 4) is 0 Å². The molecule has 2 heterocycles. The molecule has 1 aliphatic rings. The Labute approximate surface area is 120 Å². The molecule has 1 aromatic carbocycles. The van der Waals surface area contributed by atoms with E-state index in [2.05, 4.69) is 6.07 Å². The number of aliphatic hydroxyl groups is 1. The highest BCUT2D eigenvalue weighted by Crippen LogP contribution is 2.37. The summed E-state index contributed by atoms with van der Waals surface area (Å²) < 4.78 is 13.3. The largest absolute Gasteiger partial charge is 0.383 e. The summed E-state index contributed by atoms with van der Waals surface area (Å²) in [5, 5.41) is 10.5. The Balaban J connectivity index is 1.97. The molecule has 0 saturated heterocycles. The van der Waals surface area contributed by atoms with E-state index in [1.54, 1.807) is 17.4 Å². The summed E-state index contributed by atoms with van der Waals surface area (Å²) in [6.45, 7) is 1.90. The minimum absolute atomic E-state index is 0.295. The number of halogens is 1. The smallest absolute Gasteiger partial charge is 0.123 e. The molecule has 1 atom stereocenters. The summed E-state index contributed by atoms with van der Waals surface area (Å²) in [6, 6.07) is 6.67. The number of hydrogen-bond acceptors (Lipinski definition) is 3. The van der Waals surface area contributed by atoms with Crippen LogP contribution in [0.1, 0.15) is 32.5 Å². The zero-order chi connectivity index (χ0) is 13.4. The monoisotopic (exact) mass is 294 g/mol. The standard InChI is InChI=1S/C15H15FOS2/c1-9-2-3-11(16)7-12(9)15(17)14-6-10-8-18-5-4-13(10)19-14/h2-3,6-7,15,17H,4-5,8H2,1H3. The second-order valence-corrected chi connectivity index (χ2v) is 7.08. The van der Waals surface area contributed by atoms with Gasteiger partial charge >= 0.3 is 0 Å². The van der Waals surface area contributed by atoms with E-state index in [1.807, 2.05) is 18.7 Å². The van der Waals surface area contributed by atoms with E-state index >= 15 is 0 Å². The molecule has 0 radical (unpaired) electrons. The molecule has 0 fully saturated rings. The molecule has 3 rings (SSSR count). The average Bonchev–Trinajstić information content (AvgIpc) is 2.84. The van der Waals surface area contributed by atoms with Gasteiger partial charge in [0.1, 0.15) is 11.9 Å². The zero-order valence-corrected chi connectivity index (χ0v) is 12.3. The number of fused-ring (bicyclic) bond motifs is 1. The van der Waals surface area contributed by atoms with Crippen molar-refractivity contribution in [2.45, 2.75) is 25.2 Å². The molecule has 1 aliphatic heterocycles. The van der Waals surface area contributed by atoms with E-state index < -0.39 is 6.10 Å². The Morgan fingerprint density at radius 1 is 1.32 bits per heavy atom. The fraction of sp³-hybridized carbons (Fsp3) is 0.333. The lowest BCUT2D eigenvalue weighted by Crippen LogP contribution is -2.00. The van der Waals surface area contributed by atoms with Crippen molar-refractivity contribution in [3.05, 3.63) is 56.5 Å². The van der Waals surface area contributed by atoms with E-state index in [9.17, 15) is 9.50 Å². The molecule has 0 amide bonds. The lowest BCUT2D eigenvalue weighted by atomic mass is 10.0. The Morgan fingerprint density at radius 2 is 2.16 bits per heavy atom. The van der Waals surface area contributed by atoms with Crippen molar-refractivity contribution < 1.29 is 9.50 Å². The number of thiophene rings is 1. The minimum Gasteiger partial charge on any atom is -0.383 e. The molecule has 0 aliphatic carbocycles. The van der Waals surface area contributed by atoms with Gasteiger partial charge in [-0.15, -0.1) is 11.3 Å². The van der Waals surface area contributed by atoms with Crippen molar-refractivity contribution in [3.63, 3.8) is 0 Å². The van der Waals surface area contributed by atoms with E-state index in [0.29, 0.717) is 5.56 Å². The van der Waals surface area contributed by atoms with Gasteiger partial charge in [0.05, 0.1) is 0 Å². The van der Waals surface area contributed by atoms with Crippen molar-refractivity contribution in [1.82, 2.24) is 0 Å². The van der Waals surface area contributed by atoms with Crippen LogP contribution in [0.4, 0.5) is 4.39 Å². The molecular weight excluding hydrogens is 279 g/mol. The summed E-state index contributed by atoms with van der Waals surface area (Å²) in [7, 11) is 0. The lowest BCUT2D eigenvalue weighted by molar-refractivity contribution is 0.223. The second kappa shape index (κ2) is 5.27. The molecule has 4 heteroatoms. The topological polar surface area (TPSA) is 20.2 Å². The van der Waals surface area contributed by atoms with Crippen LogP contribution in [-0.2, 0) is 12.2 Å². The van der Waals surface area contributed by atoms with E-state index in [0.717, 1.165) is 28.4 Å². The number of thioether (sulfide) groups is 1. The lowest BCUT2D eigenvalue weighted by Gasteiger charge is -2.12. The first-order valence-electron chi connectivity index (χ1n) is 6.28. The Hall–Kier alpha value is -0.840. The molecular formula is C15H15FOS2. The first kappa shape index (κ1) is 13.2. The summed E-state index contributed by atoms with van der Waals surface area (Å²) >= 11 is 3.60. The van der Waals surface area contributed by atoms with Gasteiger partial charge < -0.3 is 5.11 Å². The predicted molar refractivity (Wildman–Crippen MR) is 79.4 cm³/mol. The Kier molecular flexibility index (Phi) is 3.65. The fourth-order valence-electron chi connectivity index (χ4n) is 2.36. The maximum Gasteiger partial charge on any atom is 0.123 e. The maximum absolute atomic E-state index is 13.3. The fourth-order valence-corrected chi connectivity index (χ4v) is 4.75. The molecule has 0 spiro atoms. The van der Waals surface area contributed by atoms with Gasteiger partial charge in [-0.2, -0.15) is 11.8 Å². The first-order valence-corrected chi connectivity index (χ1v) is 8.25. The van der Waals surface area contributed by atoms with E-state index in [4.69, 9.17) is 0 Å². The third-order valence-electron chi connectivity index (χ3n) is 3.45. The Bertz CT molecular complexity index is 583. The van der Waals surface area contributed by atoms with Crippen LogP contribution in [0.2, 0.25) is 0 Å². The minimum atomic E-state index is -0.712. The zero-order valence-electron chi connectivity index (χ0n) is 10.6. The molecule has 1 N–H and O–H groups in total. The summed E-state index contributed by atoms with van der Waals surface area (Å²) in [4.78, 5) is 2.31. The Morgan fingerprint density at radius 3 is 2.95 bits per heavy atom. The van der Waals surface area contributed by atoms with Crippen LogP contribution in [0.5, 0.6) is 0 Å².